The van der Waals surface area contributed by atoms with E-state index in [2.05, 4.69) is 22.0 Å². The molecule has 1 aliphatic heterocycles. The van der Waals surface area contributed by atoms with Crippen LogP contribution in [0, 0.1) is 0 Å². The molecule has 5 nitrogen and oxygen atoms in total. The van der Waals surface area contributed by atoms with E-state index in [1.54, 1.807) is 0 Å². The first-order valence-electron chi connectivity index (χ1n) is 6.03. The van der Waals surface area contributed by atoms with E-state index in [1.165, 1.54) is 0 Å². The number of hydrogen-bond donors (Lipinski definition) is 1. The number of likely N-dealkylation sites (N-methyl/N-ethyl adjacent to an activating group) is 2. The Morgan fingerprint density at radius 3 is 2.38 bits per heavy atom. The van der Waals surface area contributed by atoms with Gasteiger partial charge in [-0.15, -0.1) is 0 Å². The number of rotatable bonds is 4. The van der Waals surface area contributed by atoms with Crippen LogP contribution in [0.25, 0.3) is 0 Å². The number of amides is 2. The normalized spacial score (nSPS) is 17.9. The molecule has 0 aliphatic carbocycles. The van der Waals surface area contributed by atoms with Crippen LogP contribution >= 0.6 is 0 Å². The molecule has 0 saturated carbocycles. The SMILES string of the molecule is CCN1CCN(C(=O)NCCN(C)C)CC1. The van der Waals surface area contributed by atoms with Crippen LogP contribution in [0.3, 0.4) is 0 Å². The highest BCUT2D eigenvalue weighted by Crippen LogP contribution is 2.00. The number of piperazine rings is 1. The quantitative estimate of drug-likeness (QED) is 0.730. The number of carbonyl (C=O) groups is 1. The molecule has 2 amide bonds. The van der Waals surface area contributed by atoms with Crippen LogP contribution in [0.5, 0.6) is 0 Å². The van der Waals surface area contributed by atoms with Gasteiger partial charge >= 0.3 is 6.03 Å². The Kier molecular flexibility index (Phi) is 5.55. The average molecular weight is 228 g/mol. The lowest BCUT2D eigenvalue weighted by Crippen LogP contribution is -2.52. The van der Waals surface area contributed by atoms with Gasteiger partial charge in [-0.25, -0.2) is 4.79 Å². The molecule has 0 bridgehead atoms. The molecule has 16 heavy (non-hydrogen) atoms. The third-order valence-electron chi connectivity index (χ3n) is 2.94. The predicted octanol–water partition coefficient (Wildman–Crippen LogP) is -0.105. The molecule has 0 aromatic carbocycles. The zero-order chi connectivity index (χ0) is 12.0. The van der Waals surface area contributed by atoms with Crippen molar-refractivity contribution >= 4 is 6.03 Å². The molecule has 0 aromatic heterocycles. The van der Waals surface area contributed by atoms with Gasteiger partial charge in [-0.3, -0.25) is 0 Å². The Hall–Kier alpha value is -0.810. The smallest absolute Gasteiger partial charge is 0.317 e. The second kappa shape index (κ2) is 6.70. The Bertz CT molecular complexity index is 212. The van der Waals surface area contributed by atoms with Crippen molar-refractivity contribution in [2.45, 2.75) is 6.92 Å². The summed E-state index contributed by atoms with van der Waals surface area (Å²) in [6.45, 7) is 8.54. The van der Waals surface area contributed by atoms with Crippen LogP contribution in [0.15, 0.2) is 0 Å². The summed E-state index contributed by atoms with van der Waals surface area (Å²) in [6, 6.07) is 0.0811. The summed E-state index contributed by atoms with van der Waals surface area (Å²) in [5.41, 5.74) is 0. The standard InChI is InChI=1S/C11H24N4O/c1-4-14-7-9-15(10-8-14)11(16)12-5-6-13(2)3/h4-10H2,1-3H3,(H,12,16). The van der Waals surface area contributed by atoms with E-state index in [-0.39, 0.29) is 6.03 Å². The van der Waals surface area contributed by atoms with Crippen LogP contribution in [-0.4, -0.2) is 80.6 Å². The molecule has 1 N–H and O–H groups in total. The van der Waals surface area contributed by atoms with Crippen LogP contribution in [-0.2, 0) is 0 Å². The summed E-state index contributed by atoms with van der Waals surface area (Å²) in [5.74, 6) is 0. The van der Waals surface area contributed by atoms with Gasteiger partial charge in [0.2, 0.25) is 0 Å². The van der Waals surface area contributed by atoms with E-state index in [9.17, 15) is 4.79 Å². The highest BCUT2D eigenvalue weighted by atomic mass is 16.2. The van der Waals surface area contributed by atoms with Crippen molar-refractivity contribution in [1.82, 2.24) is 20.0 Å². The van der Waals surface area contributed by atoms with E-state index >= 15 is 0 Å². The van der Waals surface area contributed by atoms with Gasteiger partial charge in [0.15, 0.2) is 0 Å². The highest BCUT2D eigenvalue weighted by Gasteiger charge is 2.19. The molecule has 0 atom stereocenters. The molecule has 94 valence electrons. The molecule has 1 aliphatic rings. The zero-order valence-electron chi connectivity index (χ0n) is 10.7. The molecular formula is C11H24N4O. The fourth-order valence-corrected chi connectivity index (χ4v) is 1.77. The van der Waals surface area contributed by atoms with Crippen molar-refractivity contribution in [3.63, 3.8) is 0 Å². The van der Waals surface area contributed by atoms with E-state index in [1.807, 2.05) is 19.0 Å². The molecule has 5 heteroatoms. The maximum Gasteiger partial charge on any atom is 0.317 e. The van der Waals surface area contributed by atoms with Gasteiger partial charge in [-0.2, -0.15) is 0 Å². The zero-order valence-corrected chi connectivity index (χ0v) is 10.7. The second-order valence-electron chi connectivity index (χ2n) is 4.46. The molecule has 1 saturated heterocycles. The van der Waals surface area contributed by atoms with Crippen LogP contribution in [0.4, 0.5) is 4.79 Å². The molecule has 0 unspecified atom stereocenters. The van der Waals surface area contributed by atoms with Gasteiger partial charge in [0.25, 0.3) is 0 Å². The maximum absolute atomic E-state index is 11.8. The summed E-state index contributed by atoms with van der Waals surface area (Å²) in [4.78, 5) is 18.1. The largest absolute Gasteiger partial charge is 0.337 e. The van der Waals surface area contributed by atoms with Gasteiger partial charge in [-0.1, -0.05) is 6.92 Å². The second-order valence-corrected chi connectivity index (χ2v) is 4.46. The lowest BCUT2D eigenvalue weighted by atomic mass is 10.3. The Morgan fingerprint density at radius 2 is 1.88 bits per heavy atom. The fraction of sp³-hybridized carbons (Fsp3) is 0.909. The molecule has 0 aromatic rings. The minimum Gasteiger partial charge on any atom is -0.337 e. The topological polar surface area (TPSA) is 38.8 Å². The number of urea groups is 1. The number of hydrogen-bond acceptors (Lipinski definition) is 3. The average Bonchev–Trinajstić information content (AvgIpc) is 2.28. The van der Waals surface area contributed by atoms with E-state index in [4.69, 9.17) is 0 Å². The Labute approximate surface area is 98.4 Å². The first-order chi connectivity index (χ1) is 7.63. The number of carbonyl (C=O) groups excluding carboxylic acids is 1. The number of nitrogens with zero attached hydrogens (tertiary/aromatic N) is 3. The van der Waals surface area contributed by atoms with Crippen LogP contribution < -0.4 is 5.32 Å². The van der Waals surface area contributed by atoms with Crippen LogP contribution in [0.1, 0.15) is 6.92 Å². The van der Waals surface area contributed by atoms with E-state index in [0.717, 1.165) is 45.8 Å². The van der Waals surface area contributed by atoms with Gasteiger partial charge in [0.1, 0.15) is 0 Å². The minimum atomic E-state index is 0.0811. The third kappa shape index (κ3) is 4.37. The van der Waals surface area contributed by atoms with Gasteiger partial charge < -0.3 is 20.0 Å². The van der Waals surface area contributed by atoms with Crippen molar-refractivity contribution in [2.75, 3.05) is 59.9 Å². The van der Waals surface area contributed by atoms with E-state index < -0.39 is 0 Å². The van der Waals surface area contributed by atoms with Crippen molar-refractivity contribution in [3.8, 4) is 0 Å². The van der Waals surface area contributed by atoms with E-state index in [0.29, 0.717) is 0 Å². The van der Waals surface area contributed by atoms with Crippen molar-refractivity contribution in [3.05, 3.63) is 0 Å². The molecular weight excluding hydrogens is 204 g/mol. The van der Waals surface area contributed by atoms with Crippen molar-refractivity contribution in [2.24, 2.45) is 0 Å². The highest BCUT2D eigenvalue weighted by molar-refractivity contribution is 5.74. The predicted molar refractivity (Wildman–Crippen MR) is 65.6 cm³/mol. The van der Waals surface area contributed by atoms with Crippen LogP contribution in [0.2, 0.25) is 0 Å². The molecule has 1 fully saturated rings. The maximum atomic E-state index is 11.8. The Balaban J connectivity index is 2.18. The first kappa shape index (κ1) is 13.3. The molecule has 1 rings (SSSR count). The monoisotopic (exact) mass is 228 g/mol. The summed E-state index contributed by atoms with van der Waals surface area (Å²) in [5, 5.41) is 2.94. The molecule has 1 heterocycles. The van der Waals surface area contributed by atoms with Crippen molar-refractivity contribution < 1.29 is 4.79 Å². The minimum absolute atomic E-state index is 0.0811. The number of nitrogens with one attached hydrogen (secondary N) is 1. The molecule has 0 radical (unpaired) electrons. The van der Waals surface area contributed by atoms with Gasteiger partial charge in [-0.05, 0) is 20.6 Å². The lowest BCUT2D eigenvalue weighted by Gasteiger charge is -2.34. The van der Waals surface area contributed by atoms with Gasteiger partial charge in [0, 0.05) is 39.3 Å². The third-order valence-corrected chi connectivity index (χ3v) is 2.94. The summed E-state index contributed by atoms with van der Waals surface area (Å²) in [7, 11) is 4.01. The summed E-state index contributed by atoms with van der Waals surface area (Å²) < 4.78 is 0. The van der Waals surface area contributed by atoms with Crippen molar-refractivity contribution in [1.29, 1.82) is 0 Å². The lowest BCUT2D eigenvalue weighted by molar-refractivity contribution is 0.142. The fourth-order valence-electron chi connectivity index (χ4n) is 1.77. The summed E-state index contributed by atoms with van der Waals surface area (Å²) in [6.07, 6.45) is 0. The Morgan fingerprint density at radius 1 is 1.25 bits per heavy atom. The molecule has 0 spiro atoms. The first-order valence-corrected chi connectivity index (χ1v) is 6.03. The van der Waals surface area contributed by atoms with Gasteiger partial charge in [0.05, 0.1) is 0 Å². The summed E-state index contributed by atoms with van der Waals surface area (Å²) >= 11 is 0.